The summed E-state index contributed by atoms with van der Waals surface area (Å²) in [7, 11) is 0. The van der Waals surface area contributed by atoms with E-state index in [-0.39, 0.29) is 30.0 Å². The predicted molar refractivity (Wildman–Crippen MR) is 94.6 cm³/mol. The van der Waals surface area contributed by atoms with E-state index < -0.39 is 0 Å². The van der Waals surface area contributed by atoms with Crippen LogP contribution in [0, 0.1) is 11.7 Å². The van der Waals surface area contributed by atoms with Crippen LogP contribution >= 0.6 is 0 Å². The average molecular weight is 340 g/mol. The Bertz CT molecular complexity index is 748. The molecule has 1 N–H and O–H groups in total. The maximum atomic E-state index is 13.5. The molecule has 2 amide bonds. The summed E-state index contributed by atoms with van der Waals surface area (Å²) < 4.78 is 13.5. The van der Waals surface area contributed by atoms with Gasteiger partial charge in [-0.3, -0.25) is 9.59 Å². The van der Waals surface area contributed by atoms with Gasteiger partial charge >= 0.3 is 0 Å². The zero-order valence-corrected chi connectivity index (χ0v) is 14.0. The number of anilines is 1. The number of amides is 2. The van der Waals surface area contributed by atoms with Crippen LogP contribution in [0.3, 0.4) is 0 Å². The minimum absolute atomic E-state index is 0.0804. The van der Waals surface area contributed by atoms with Gasteiger partial charge in [-0.15, -0.1) is 0 Å². The van der Waals surface area contributed by atoms with Crippen molar-refractivity contribution < 1.29 is 14.0 Å². The molecule has 2 aromatic rings. The summed E-state index contributed by atoms with van der Waals surface area (Å²) in [6, 6.07) is 16.0. The second-order valence-electron chi connectivity index (χ2n) is 6.31. The first kappa shape index (κ1) is 17.1. The van der Waals surface area contributed by atoms with E-state index in [1.54, 1.807) is 23.1 Å². The standard InChI is InChI=1S/C20H21FN2O2/c21-18-9-5-4-6-16(18)10-11-19(24)22-13-15-12-20(25)23(14-15)17-7-2-1-3-8-17/h1-9,15H,10-14H2,(H,22,24). The fourth-order valence-corrected chi connectivity index (χ4v) is 3.07. The smallest absolute Gasteiger partial charge is 0.227 e. The highest BCUT2D eigenvalue weighted by atomic mass is 19.1. The van der Waals surface area contributed by atoms with Crippen LogP contribution in [0.5, 0.6) is 0 Å². The number of hydrogen-bond donors (Lipinski definition) is 1. The Labute approximate surface area is 146 Å². The quantitative estimate of drug-likeness (QED) is 0.879. The Morgan fingerprint density at radius 2 is 1.84 bits per heavy atom. The highest BCUT2D eigenvalue weighted by molar-refractivity contribution is 5.95. The molecular weight excluding hydrogens is 319 g/mol. The first-order valence-electron chi connectivity index (χ1n) is 8.49. The predicted octanol–water partition coefficient (Wildman–Crippen LogP) is 2.93. The summed E-state index contributed by atoms with van der Waals surface area (Å²) in [4.78, 5) is 25.9. The van der Waals surface area contributed by atoms with Gasteiger partial charge in [0.05, 0.1) is 0 Å². The molecule has 25 heavy (non-hydrogen) atoms. The minimum atomic E-state index is -0.282. The topological polar surface area (TPSA) is 49.4 Å². The molecule has 130 valence electrons. The molecule has 1 unspecified atom stereocenters. The van der Waals surface area contributed by atoms with Crippen molar-refractivity contribution in [3.8, 4) is 0 Å². The van der Waals surface area contributed by atoms with Gasteiger partial charge in [-0.1, -0.05) is 36.4 Å². The lowest BCUT2D eigenvalue weighted by molar-refractivity contribution is -0.121. The molecule has 5 heteroatoms. The largest absolute Gasteiger partial charge is 0.356 e. The third-order valence-electron chi connectivity index (χ3n) is 4.44. The Morgan fingerprint density at radius 1 is 1.12 bits per heavy atom. The number of aryl methyl sites for hydroxylation is 1. The first-order chi connectivity index (χ1) is 12.1. The third-order valence-corrected chi connectivity index (χ3v) is 4.44. The molecule has 0 aliphatic carbocycles. The molecule has 0 radical (unpaired) electrons. The van der Waals surface area contributed by atoms with Gasteiger partial charge in [-0.05, 0) is 30.2 Å². The van der Waals surface area contributed by atoms with Crippen LogP contribution in [0.1, 0.15) is 18.4 Å². The number of nitrogens with zero attached hydrogens (tertiary/aromatic N) is 1. The second-order valence-corrected chi connectivity index (χ2v) is 6.31. The van der Waals surface area contributed by atoms with Crippen molar-refractivity contribution >= 4 is 17.5 Å². The summed E-state index contributed by atoms with van der Waals surface area (Å²) in [5, 5.41) is 2.87. The highest BCUT2D eigenvalue weighted by Crippen LogP contribution is 2.24. The molecule has 1 heterocycles. The molecule has 1 atom stereocenters. The van der Waals surface area contributed by atoms with E-state index in [2.05, 4.69) is 5.32 Å². The molecule has 1 aliphatic rings. The van der Waals surface area contributed by atoms with E-state index >= 15 is 0 Å². The Kier molecular flexibility index (Phi) is 5.43. The summed E-state index contributed by atoms with van der Waals surface area (Å²) in [5.74, 6) is -0.217. The number of benzene rings is 2. The Balaban J connectivity index is 1.45. The highest BCUT2D eigenvalue weighted by Gasteiger charge is 2.30. The van der Waals surface area contributed by atoms with Gasteiger partial charge in [0.15, 0.2) is 0 Å². The molecule has 0 bridgehead atoms. The van der Waals surface area contributed by atoms with Crippen LogP contribution in [0.4, 0.5) is 10.1 Å². The molecule has 3 rings (SSSR count). The molecule has 1 saturated heterocycles. The van der Waals surface area contributed by atoms with Crippen LogP contribution in [0.15, 0.2) is 54.6 Å². The van der Waals surface area contributed by atoms with Crippen LogP contribution in [0.25, 0.3) is 0 Å². The van der Waals surface area contributed by atoms with Crippen molar-refractivity contribution in [2.24, 2.45) is 5.92 Å². The molecule has 2 aromatic carbocycles. The molecule has 1 aliphatic heterocycles. The summed E-state index contributed by atoms with van der Waals surface area (Å²) in [6.07, 6.45) is 1.05. The van der Waals surface area contributed by atoms with Gasteiger partial charge in [0.1, 0.15) is 5.82 Å². The maximum Gasteiger partial charge on any atom is 0.227 e. The normalized spacial score (nSPS) is 16.9. The zero-order chi connectivity index (χ0) is 17.6. The lowest BCUT2D eigenvalue weighted by atomic mass is 10.1. The fraction of sp³-hybridized carbons (Fsp3) is 0.300. The molecule has 0 saturated carbocycles. The monoisotopic (exact) mass is 340 g/mol. The lowest BCUT2D eigenvalue weighted by Gasteiger charge is -2.16. The van der Waals surface area contributed by atoms with Crippen LogP contribution < -0.4 is 10.2 Å². The number of carbonyl (C=O) groups is 2. The number of rotatable bonds is 6. The average Bonchev–Trinajstić information content (AvgIpc) is 3.01. The van der Waals surface area contributed by atoms with Gasteiger partial charge < -0.3 is 10.2 Å². The second kappa shape index (κ2) is 7.92. The number of hydrogen-bond acceptors (Lipinski definition) is 2. The van der Waals surface area contributed by atoms with E-state index in [1.165, 1.54) is 6.07 Å². The van der Waals surface area contributed by atoms with Gasteiger partial charge in [0.25, 0.3) is 0 Å². The van der Waals surface area contributed by atoms with Crippen molar-refractivity contribution in [1.29, 1.82) is 0 Å². The molecule has 0 aromatic heterocycles. The van der Waals surface area contributed by atoms with Crippen LogP contribution in [-0.4, -0.2) is 24.9 Å². The van der Waals surface area contributed by atoms with Crippen molar-refractivity contribution in [1.82, 2.24) is 5.32 Å². The zero-order valence-electron chi connectivity index (χ0n) is 14.0. The fourth-order valence-electron chi connectivity index (χ4n) is 3.07. The Hall–Kier alpha value is -2.69. The Morgan fingerprint density at radius 3 is 2.60 bits per heavy atom. The van der Waals surface area contributed by atoms with Gasteiger partial charge in [-0.2, -0.15) is 0 Å². The minimum Gasteiger partial charge on any atom is -0.356 e. The first-order valence-corrected chi connectivity index (χ1v) is 8.49. The summed E-state index contributed by atoms with van der Waals surface area (Å²) in [6.45, 7) is 1.07. The van der Waals surface area contributed by atoms with Gasteiger partial charge in [0.2, 0.25) is 11.8 Å². The third kappa shape index (κ3) is 4.44. The number of para-hydroxylation sites is 1. The van der Waals surface area contributed by atoms with Crippen LogP contribution in [0.2, 0.25) is 0 Å². The number of halogens is 1. The molecule has 4 nitrogen and oxygen atoms in total. The van der Waals surface area contributed by atoms with Crippen molar-refractivity contribution in [2.45, 2.75) is 19.3 Å². The number of nitrogens with one attached hydrogen (secondary N) is 1. The van der Waals surface area contributed by atoms with Gasteiger partial charge in [0, 0.05) is 37.5 Å². The van der Waals surface area contributed by atoms with E-state index in [0.717, 1.165) is 5.69 Å². The molecular formula is C20H21FN2O2. The summed E-state index contributed by atoms with van der Waals surface area (Å²) in [5.41, 5.74) is 1.44. The van der Waals surface area contributed by atoms with Crippen molar-refractivity contribution in [3.63, 3.8) is 0 Å². The number of carbonyl (C=O) groups excluding carboxylic acids is 2. The van der Waals surface area contributed by atoms with E-state index in [1.807, 2.05) is 30.3 Å². The summed E-state index contributed by atoms with van der Waals surface area (Å²) >= 11 is 0. The molecule has 0 spiro atoms. The van der Waals surface area contributed by atoms with Gasteiger partial charge in [-0.25, -0.2) is 4.39 Å². The van der Waals surface area contributed by atoms with Crippen molar-refractivity contribution in [2.75, 3.05) is 18.0 Å². The van der Waals surface area contributed by atoms with Crippen LogP contribution in [-0.2, 0) is 16.0 Å². The lowest BCUT2D eigenvalue weighted by Crippen LogP contribution is -2.31. The van der Waals surface area contributed by atoms with E-state index in [0.29, 0.717) is 31.5 Å². The van der Waals surface area contributed by atoms with Crippen molar-refractivity contribution in [3.05, 3.63) is 66.0 Å². The van der Waals surface area contributed by atoms with E-state index in [4.69, 9.17) is 0 Å². The molecule has 1 fully saturated rings. The van der Waals surface area contributed by atoms with E-state index in [9.17, 15) is 14.0 Å². The SMILES string of the molecule is O=C(CCc1ccccc1F)NCC1CC(=O)N(c2ccccc2)C1. The maximum absolute atomic E-state index is 13.5.